The maximum absolute atomic E-state index is 13.8. The molecule has 0 unspecified atom stereocenters. The normalized spacial score (nSPS) is 10.3. The van der Waals surface area contributed by atoms with Crippen molar-refractivity contribution in [2.24, 2.45) is 0 Å². The van der Waals surface area contributed by atoms with Crippen LogP contribution in [0.2, 0.25) is 0 Å². The molecule has 0 fully saturated rings. The molecule has 0 aliphatic carbocycles. The van der Waals surface area contributed by atoms with E-state index < -0.39 is 13.1 Å². The third-order valence-corrected chi connectivity index (χ3v) is 2.47. The Labute approximate surface area is 109 Å². The number of hydrogen-bond acceptors (Lipinski definition) is 5. The van der Waals surface area contributed by atoms with Crippen LogP contribution in [0, 0.1) is 5.95 Å². The molecule has 0 saturated carbocycles. The summed E-state index contributed by atoms with van der Waals surface area (Å²) in [5, 5.41) is 17.7. The van der Waals surface area contributed by atoms with Crippen LogP contribution in [0.1, 0.15) is 5.69 Å². The first kappa shape index (κ1) is 13.3. The summed E-state index contributed by atoms with van der Waals surface area (Å²) in [6.45, 7) is 3.56. The number of hydrogen-bond donors (Lipinski definition) is 2. The van der Waals surface area contributed by atoms with Crippen LogP contribution >= 0.6 is 0 Å². The van der Waals surface area contributed by atoms with Gasteiger partial charge in [-0.3, -0.25) is 0 Å². The fourth-order valence-corrected chi connectivity index (χ4v) is 1.56. The molecule has 0 amide bonds. The number of rotatable bonds is 4. The van der Waals surface area contributed by atoms with Gasteiger partial charge in [-0.25, -0.2) is 15.0 Å². The number of nitrogens with zero attached hydrogens (tertiary/aromatic N) is 3. The number of pyridine rings is 1. The van der Waals surface area contributed by atoms with E-state index in [1.807, 2.05) is 0 Å². The van der Waals surface area contributed by atoms with Gasteiger partial charge in [-0.1, -0.05) is 6.08 Å². The summed E-state index contributed by atoms with van der Waals surface area (Å²) in [7, 11) is -1.74. The third kappa shape index (κ3) is 3.01. The second kappa shape index (κ2) is 5.68. The Bertz CT molecular complexity index is 590. The Balaban J connectivity index is 2.33. The lowest BCUT2D eigenvalue weighted by atomic mass is 9.91. The van der Waals surface area contributed by atoms with Gasteiger partial charge in [0.05, 0.1) is 0 Å². The summed E-state index contributed by atoms with van der Waals surface area (Å²) >= 11 is 0. The van der Waals surface area contributed by atoms with Crippen molar-refractivity contribution in [3.8, 4) is 11.1 Å². The van der Waals surface area contributed by atoms with E-state index in [0.29, 0.717) is 17.7 Å². The van der Waals surface area contributed by atoms with Crippen LogP contribution in [0.25, 0.3) is 11.1 Å². The van der Waals surface area contributed by atoms with Crippen LogP contribution in [0.4, 0.5) is 4.39 Å². The Morgan fingerprint density at radius 3 is 2.47 bits per heavy atom. The largest absolute Gasteiger partial charge is 0.528 e. The first-order chi connectivity index (χ1) is 9.11. The minimum Gasteiger partial charge on any atom is -0.421 e. The molecule has 0 bridgehead atoms. The molecule has 7 heteroatoms. The van der Waals surface area contributed by atoms with Gasteiger partial charge in [-0.2, -0.15) is 4.39 Å². The molecule has 96 valence electrons. The van der Waals surface area contributed by atoms with Gasteiger partial charge in [-0.15, -0.1) is 6.58 Å². The Kier molecular flexibility index (Phi) is 3.98. The lowest BCUT2D eigenvalue weighted by Gasteiger charge is -2.05. The van der Waals surface area contributed by atoms with Crippen LogP contribution in [-0.4, -0.2) is 32.1 Å². The van der Waals surface area contributed by atoms with Gasteiger partial charge in [0.15, 0.2) is 5.72 Å². The molecule has 2 rings (SSSR count). The zero-order valence-electron chi connectivity index (χ0n) is 9.99. The van der Waals surface area contributed by atoms with E-state index in [2.05, 4.69) is 21.5 Å². The monoisotopic (exact) mass is 259 g/mol. The van der Waals surface area contributed by atoms with E-state index in [9.17, 15) is 4.39 Å². The van der Waals surface area contributed by atoms with E-state index in [4.69, 9.17) is 10.0 Å². The fraction of sp³-hybridized carbons (Fsp3) is 0.0833. The van der Waals surface area contributed by atoms with Crippen LogP contribution in [0.3, 0.4) is 0 Å². The van der Waals surface area contributed by atoms with Crippen molar-refractivity contribution in [2.75, 3.05) is 0 Å². The van der Waals surface area contributed by atoms with Crippen LogP contribution < -0.4 is 5.72 Å². The van der Waals surface area contributed by atoms with Crippen LogP contribution in [0.15, 0.2) is 37.2 Å². The van der Waals surface area contributed by atoms with Gasteiger partial charge in [0.1, 0.15) is 0 Å². The zero-order valence-corrected chi connectivity index (χ0v) is 9.99. The maximum Gasteiger partial charge on any atom is 0.528 e. The van der Waals surface area contributed by atoms with Gasteiger partial charge in [0.25, 0.3) is 0 Å². The summed E-state index contributed by atoms with van der Waals surface area (Å²) in [5.41, 5.74) is 1.12. The molecule has 0 atom stereocenters. The van der Waals surface area contributed by atoms with Crippen molar-refractivity contribution in [1.82, 2.24) is 15.0 Å². The van der Waals surface area contributed by atoms with Crippen molar-refractivity contribution in [3.05, 3.63) is 48.8 Å². The highest BCUT2D eigenvalue weighted by Crippen LogP contribution is 2.19. The van der Waals surface area contributed by atoms with Crippen LogP contribution in [-0.2, 0) is 6.42 Å². The molecule has 0 aliphatic heterocycles. The molecule has 0 aliphatic rings. The number of halogens is 1. The summed E-state index contributed by atoms with van der Waals surface area (Å²) in [5.74, 6) is -0.625. The Morgan fingerprint density at radius 1 is 1.26 bits per heavy atom. The van der Waals surface area contributed by atoms with Crippen molar-refractivity contribution in [1.29, 1.82) is 0 Å². The molecule has 2 aromatic heterocycles. The molecule has 0 radical (unpaired) electrons. The highest BCUT2D eigenvalue weighted by atomic mass is 19.1. The van der Waals surface area contributed by atoms with E-state index in [-0.39, 0.29) is 11.3 Å². The number of allylic oxidation sites excluding steroid dienone is 1. The SMILES string of the molecule is C=CCc1ccc(-c2cnc(B(O)O)nc2)c(F)n1. The summed E-state index contributed by atoms with van der Waals surface area (Å²) < 4.78 is 13.8. The Hall–Kier alpha value is -2.12. The summed E-state index contributed by atoms with van der Waals surface area (Å²) in [6.07, 6.45) is 4.76. The molecule has 2 aromatic rings. The molecule has 0 aromatic carbocycles. The molecule has 2 heterocycles. The summed E-state index contributed by atoms with van der Waals surface area (Å²) in [6, 6.07) is 3.27. The van der Waals surface area contributed by atoms with E-state index >= 15 is 0 Å². The second-order valence-electron chi connectivity index (χ2n) is 3.84. The molecule has 2 N–H and O–H groups in total. The van der Waals surface area contributed by atoms with E-state index in [0.717, 1.165) is 0 Å². The van der Waals surface area contributed by atoms with Crippen molar-refractivity contribution in [3.63, 3.8) is 0 Å². The van der Waals surface area contributed by atoms with E-state index in [1.165, 1.54) is 12.4 Å². The average molecular weight is 259 g/mol. The van der Waals surface area contributed by atoms with Gasteiger partial charge < -0.3 is 10.0 Å². The highest BCUT2D eigenvalue weighted by molar-refractivity contribution is 6.56. The van der Waals surface area contributed by atoms with Gasteiger partial charge in [0.2, 0.25) is 5.95 Å². The first-order valence-electron chi connectivity index (χ1n) is 5.56. The smallest absolute Gasteiger partial charge is 0.421 e. The lowest BCUT2D eigenvalue weighted by molar-refractivity contribution is 0.422. The molecule has 0 saturated heterocycles. The molecular formula is C12H11BFN3O2. The molecule has 19 heavy (non-hydrogen) atoms. The second-order valence-corrected chi connectivity index (χ2v) is 3.84. The predicted octanol–water partition coefficient (Wildman–Crippen LogP) is 0.0860. The highest BCUT2D eigenvalue weighted by Gasteiger charge is 2.15. The third-order valence-electron chi connectivity index (χ3n) is 2.47. The minimum absolute atomic E-state index is 0.139. The van der Waals surface area contributed by atoms with Gasteiger partial charge >= 0.3 is 7.12 Å². The fourth-order valence-electron chi connectivity index (χ4n) is 1.56. The van der Waals surface area contributed by atoms with Gasteiger partial charge in [0, 0.05) is 35.6 Å². The van der Waals surface area contributed by atoms with Crippen molar-refractivity contribution >= 4 is 12.8 Å². The number of aromatic nitrogens is 3. The van der Waals surface area contributed by atoms with Crippen molar-refractivity contribution in [2.45, 2.75) is 6.42 Å². The molecule has 5 nitrogen and oxygen atoms in total. The van der Waals surface area contributed by atoms with E-state index in [1.54, 1.807) is 18.2 Å². The quantitative estimate of drug-likeness (QED) is 0.462. The zero-order chi connectivity index (χ0) is 13.8. The van der Waals surface area contributed by atoms with Crippen molar-refractivity contribution < 1.29 is 14.4 Å². The Morgan fingerprint density at radius 2 is 1.95 bits per heavy atom. The first-order valence-corrected chi connectivity index (χ1v) is 5.56. The standard InChI is InChI=1S/C12H11BFN3O2/c1-2-3-9-4-5-10(11(14)17-9)8-6-15-12(13(18)19)16-7-8/h2,4-7,18-19H,1,3H2. The molecular weight excluding hydrogens is 248 g/mol. The molecule has 0 spiro atoms. The summed E-state index contributed by atoms with van der Waals surface area (Å²) in [4.78, 5) is 11.3. The minimum atomic E-state index is -1.74. The van der Waals surface area contributed by atoms with Crippen LogP contribution in [0.5, 0.6) is 0 Å². The predicted molar refractivity (Wildman–Crippen MR) is 68.9 cm³/mol. The average Bonchev–Trinajstić information content (AvgIpc) is 2.39. The maximum atomic E-state index is 13.8. The lowest BCUT2D eigenvalue weighted by Crippen LogP contribution is -2.35. The topological polar surface area (TPSA) is 79.1 Å². The van der Waals surface area contributed by atoms with Gasteiger partial charge in [-0.05, 0) is 12.1 Å².